The summed E-state index contributed by atoms with van der Waals surface area (Å²) in [7, 11) is 1.63. The number of dihydropyridines is 1. The minimum Gasteiger partial charge on any atom is -0.497 e. The molecule has 0 radical (unpaired) electrons. The molecule has 0 aliphatic carbocycles. The van der Waals surface area contributed by atoms with Crippen molar-refractivity contribution in [2.75, 3.05) is 7.11 Å². The van der Waals surface area contributed by atoms with E-state index in [1.54, 1.807) is 7.11 Å². The second-order valence-electron chi connectivity index (χ2n) is 5.35. The van der Waals surface area contributed by atoms with Gasteiger partial charge in [0.1, 0.15) is 5.75 Å². The first kappa shape index (κ1) is 14.4. The zero-order valence-electron chi connectivity index (χ0n) is 12.6. The number of hydrogen-bond donors (Lipinski definition) is 1. The van der Waals surface area contributed by atoms with E-state index in [0.717, 1.165) is 22.4 Å². The van der Waals surface area contributed by atoms with Crippen molar-refractivity contribution in [3.05, 3.63) is 83.3 Å². The number of rotatable bonds is 3. The van der Waals surface area contributed by atoms with Crippen LogP contribution >= 0.6 is 0 Å². The summed E-state index contributed by atoms with van der Waals surface area (Å²) in [6, 6.07) is 15.3. The average Bonchev–Trinajstić information content (AvgIpc) is 2.56. The summed E-state index contributed by atoms with van der Waals surface area (Å²) in [5.41, 5.74) is 3.62. The fourth-order valence-electron chi connectivity index (χ4n) is 2.49. The van der Waals surface area contributed by atoms with Crippen molar-refractivity contribution in [1.29, 1.82) is 0 Å². The molecule has 1 atom stereocenters. The van der Waals surface area contributed by atoms with Crippen LogP contribution in [0.25, 0.3) is 5.57 Å². The van der Waals surface area contributed by atoms with Gasteiger partial charge in [-0.3, -0.25) is 0 Å². The van der Waals surface area contributed by atoms with Crippen LogP contribution in [0.5, 0.6) is 5.75 Å². The molecule has 0 fully saturated rings. The van der Waals surface area contributed by atoms with Crippen molar-refractivity contribution in [3.63, 3.8) is 0 Å². The molecule has 0 saturated carbocycles. The Morgan fingerprint density at radius 3 is 2.27 bits per heavy atom. The second kappa shape index (κ2) is 6.06. The van der Waals surface area contributed by atoms with Crippen LogP contribution in [0.15, 0.2) is 66.6 Å². The lowest BCUT2D eigenvalue weighted by molar-refractivity contribution is 0.414. The molecular formula is C19H18FNO. The van der Waals surface area contributed by atoms with E-state index < -0.39 is 0 Å². The van der Waals surface area contributed by atoms with Gasteiger partial charge in [-0.25, -0.2) is 0 Å². The monoisotopic (exact) mass is 295 g/mol. The van der Waals surface area contributed by atoms with Gasteiger partial charge in [-0.05, 0) is 30.2 Å². The molecule has 1 unspecified atom stereocenters. The smallest absolute Gasteiger partial charge is 0.195 e. The maximum Gasteiger partial charge on any atom is 0.195 e. The van der Waals surface area contributed by atoms with Crippen molar-refractivity contribution in [2.45, 2.75) is 13.0 Å². The fourth-order valence-corrected chi connectivity index (χ4v) is 2.49. The third-order valence-electron chi connectivity index (χ3n) is 3.81. The van der Waals surface area contributed by atoms with Gasteiger partial charge in [-0.15, -0.1) is 0 Å². The highest BCUT2D eigenvalue weighted by Crippen LogP contribution is 2.29. The lowest BCUT2D eigenvalue weighted by Crippen LogP contribution is -2.20. The van der Waals surface area contributed by atoms with E-state index in [1.165, 1.54) is 0 Å². The topological polar surface area (TPSA) is 21.3 Å². The maximum absolute atomic E-state index is 14.4. The Kier molecular flexibility index (Phi) is 3.96. The quantitative estimate of drug-likeness (QED) is 0.839. The number of halogens is 1. The zero-order chi connectivity index (χ0) is 15.5. The Bertz CT molecular complexity index is 714. The summed E-state index contributed by atoms with van der Waals surface area (Å²) in [6.07, 6.45) is 3.81. The van der Waals surface area contributed by atoms with E-state index in [1.807, 2.05) is 67.6 Å². The number of nitrogens with one attached hydrogen (secondary N) is 1. The number of hydrogen-bond acceptors (Lipinski definition) is 2. The second-order valence-corrected chi connectivity index (χ2v) is 5.35. The molecule has 0 amide bonds. The highest BCUT2D eigenvalue weighted by molar-refractivity contribution is 5.76. The van der Waals surface area contributed by atoms with Gasteiger partial charge >= 0.3 is 0 Å². The highest BCUT2D eigenvalue weighted by Gasteiger charge is 2.17. The van der Waals surface area contributed by atoms with Crippen LogP contribution in [0, 0.1) is 6.92 Å². The zero-order valence-corrected chi connectivity index (χ0v) is 12.6. The van der Waals surface area contributed by atoms with Gasteiger partial charge in [0.25, 0.3) is 0 Å². The number of benzene rings is 2. The first-order chi connectivity index (χ1) is 10.7. The number of methoxy groups -OCH3 is 1. The number of aryl methyl sites for hydroxylation is 1. The first-order valence-corrected chi connectivity index (χ1v) is 7.23. The Morgan fingerprint density at radius 2 is 1.68 bits per heavy atom. The van der Waals surface area contributed by atoms with Crippen molar-refractivity contribution in [3.8, 4) is 5.75 Å². The molecular weight excluding hydrogens is 277 g/mol. The van der Waals surface area contributed by atoms with Crippen LogP contribution in [0.3, 0.4) is 0 Å². The summed E-state index contributed by atoms with van der Waals surface area (Å²) in [4.78, 5) is 0. The molecule has 112 valence electrons. The molecule has 2 nitrogen and oxygen atoms in total. The van der Waals surface area contributed by atoms with Crippen LogP contribution in [0.2, 0.25) is 0 Å². The molecule has 3 heteroatoms. The average molecular weight is 295 g/mol. The molecule has 1 aliphatic heterocycles. The number of allylic oxidation sites excluding steroid dienone is 2. The molecule has 1 N–H and O–H groups in total. The standard InChI is InChI=1S/C19H18FNO/c1-13-3-5-14(6-4-13)17-11-12-18(21-19(17)20)15-7-9-16(22-2)10-8-15/h3-12,18,21H,1-2H3. The van der Waals surface area contributed by atoms with Crippen LogP contribution in [-0.4, -0.2) is 7.11 Å². The Balaban J connectivity index is 1.82. The van der Waals surface area contributed by atoms with Gasteiger partial charge in [-0.1, -0.05) is 54.1 Å². The van der Waals surface area contributed by atoms with Gasteiger partial charge in [0.15, 0.2) is 5.95 Å². The molecule has 3 rings (SSSR count). The van der Waals surface area contributed by atoms with Gasteiger partial charge < -0.3 is 10.1 Å². The van der Waals surface area contributed by atoms with Crippen molar-refractivity contribution in [2.24, 2.45) is 0 Å². The van der Waals surface area contributed by atoms with E-state index in [-0.39, 0.29) is 12.0 Å². The summed E-state index contributed by atoms with van der Waals surface area (Å²) in [5, 5.41) is 2.92. The van der Waals surface area contributed by atoms with Gasteiger partial charge in [-0.2, -0.15) is 4.39 Å². The lowest BCUT2D eigenvalue weighted by Gasteiger charge is -2.21. The molecule has 22 heavy (non-hydrogen) atoms. The fraction of sp³-hybridized carbons (Fsp3) is 0.158. The molecule has 0 aromatic heterocycles. The SMILES string of the molecule is COc1ccc(C2C=CC(c3ccc(C)cc3)=C(F)N2)cc1. The lowest BCUT2D eigenvalue weighted by atomic mass is 9.98. The molecule has 2 aromatic carbocycles. The van der Waals surface area contributed by atoms with Gasteiger partial charge in [0.05, 0.1) is 13.2 Å². The van der Waals surface area contributed by atoms with Crippen molar-refractivity contribution in [1.82, 2.24) is 5.32 Å². The minimum atomic E-state index is -0.299. The molecule has 0 bridgehead atoms. The van der Waals surface area contributed by atoms with Crippen molar-refractivity contribution >= 4 is 5.57 Å². The van der Waals surface area contributed by atoms with Crippen molar-refractivity contribution < 1.29 is 9.13 Å². The van der Waals surface area contributed by atoms with Gasteiger partial charge in [0.2, 0.25) is 0 Å². The largest absolute Gasteiger partial charge is 0.497 e. The van der Waals surface area contributed by atoms with Crippen LogP contribution in [-0.2, 0) is 0 Å². The Labute approximate surface area is 129 Å². The maximum atomic E-state index is 14.4. The first-order valence-electron chi connectivity index (χ1n) is 7.23. The highest BCUT2D eigenvalue weighted by atomic mass is 19.1. The predicted molar refractivity (Wildman–Crippen MR) is 87.2 cm³/mol. The summed E-state index contributed by atoms with van der Waals surface area (Å²) in [5.74, 6) is 0.493. The summed E-state index contributed by atoms with van der Waals surface area (Å²) < 4.78 is 19.5. The van der Waals surface area contributed by atoms with Crippen LogP contribution in [0.1, 0.15) is 22.7 Å². The van der Waals surface area contributed by atoms with Gasteiger partial charge in [0, 0.05) is 5.57 Å². The summed E-state index contributed by atoms with van der Waals surface area (Å²) >= 11 is 0. The Morgan fingerprint density at radius 1 is 1.00 bits per heavy atom. The van der Waals surface area contributed by atoms with Crippen LogP contribution in [0.4, 0.5) is 4.39 Å². The van der Waals surface area contributed by atoms with E-state index in [2.05, 4.69) is 5.32 Å². The molecule has 2 aromatic rings. The minimum absolute atomic E-state index is 0.167. The van der Waals surface area contributed by atoms with E-state index in [4.69, 9.17) is 4.74 Å². The molecule has 0 spiro atoms. The van der Waals surface area contributed by atoms with Crippen LogP contribution < -0.4 is 10.1 Å². The molecule has 1 aliphatic rings. The molecule has 1 heterocycles. The van der Waals surface area contributed by atoms with E-state index in [9.17, 15) is 4.39 Å². The Hall–Kier alpha value is -2.55. The van der Waals surface area contributed by atoms with E-state index in [0.29, 0.717) is 5.57 Å². The third-order valence-corrected chi connectivity index (χ3v) is 3.81. The summed E-state index contributed by atoms with van der Waals surface area (Å²) in [6.45, 7) is 2.02. The molecule has 0 saturated heterocycles. The predicted octanol–water partition coefficient (Wildman–Crippen LogP) is 4.54. The number of ether oxygens (including phenoxy) is 1. The third kappa shape index (κ3) is 2.89. The van der Waals surface area contributed by atoms with E-state index >= 15 is 0 Å². The normalized spacial score (nSPS) is 17.3.